The van der Waals surface area contributed by atoms with E-state index in [-0.39, 0.29) is 35.2 Å². The molecule has 178 valence electrons. The largest absolute Gasteiger partial charge is 0.508 e. The smallest absolute Gasteiger partial charge is 0.336 e. The van der Waals surface area contributed by atoms with E-state index >= 15 is 0 Å². The Morgan fingerprint density at radius 2 is 1.94 bits per heavy atom. The summed E-state index contributed by atoms with van der Waals surface area (Å²) in [5.41, 5.74) is 2.44. The normalized spacial score (nSPS) is 42.0. The minimum Gasteiger partial charge on any atom is -0.508 e. The molecular formula is C27H34O6. The van der Waals surface area contributed by atoms with Crippen LogP contribution >= 0.6 is 0 Å². The first-order valence-electron chi connectivity index (χ1n) is 12.0. The number of fused-ring (bicyclic) bond motifs is 3. The van der Waals surface area contributed by atoms with Crippen LogP contribution in [0, 0.1) is 22.7 Å². The van der Waals surface area contributed by atoms with Crippen molar-refractivity contribution in [2.45, 2.75) is 64.4 Å². The predicted molar refractivity (Wildman–Crippen MR) is 122 cm³/mol. The summed E-state index contributed by atoms with van der Waals surface area (Å²) in [6.07, 6.45) is 5.37. The number of rotatable bonds is 3. The van der Waals surface area contributed by atoms with Crippen LogP contribution in [0.25, 0.3) is 0 Å². The molecule has 2 saturated carbocycles. The fourth-order valence-electron chi connectivity index (χ4n) is 7.00. The predicted octanol–water partition coefficient (Wildman–Crippen LogP) is 4.43. The maximum atomic E-state index is 12.0. The van der Waals surface area contributed by atoms with Gasteiger partial charge in [-0.1, -0.05) is 44.2 Å². The van der Waals surface area contributed by atoms with Crippen molar-refractivity contribution in [2.75, 3.05) is 13.2 Å². The number of aliphatic hydroxyl groups is 1. The number of cyclic esters (lactones) is 1. The van der Waals surface area contributed by atoms with Gasteiger partial charge in [-0.2, -0.15) is 0 Å². The van der Waals surface area contributed by atoms with Crippen molar-refractivity contribution >= 4 is 5.97 Å². The second-order valence-corrected chi connectivity index (χ2v) is 10.7. The molecule has 0 radical (unpaired) electrons. The SMILES string of the molecule is C=C1CC[C@H]2[C@@](C)(CCC3OC(c4ccc(O)cc4)OC[C@]32C)[C@@H]1C/C=C1/C(=O)OC[C@@H]1O. The van der Waals surface area contributed by atoms with Crippen molar-refractivity contribution in [3.63, 3.8) is 0 Å². The fourth-order valence-corrected chi connectivity index (χ4v) is 7.00. The zero-order valence-electron chi connectivity index (χ0n) is 19.5. The summed E-state index contributed by atoms with van der Waals surface area (Å²) in [6.45, 7) is 9.74. The second-order valence-electron chi connectivity index (χ2n) is 10.7. The van der Waals surface area contributed by atoms with Crippen LogP contribution in [-0.4, -0.2) is 41.6 Å². The van der Waals surface area contributed by atoms with Gasteiger partial charge in [0.2, 0.25) is 0 Å². The third kappa shape index (κ3) is 3.72. The summed E-state index contributed by atoms with van der Waals surface area (Å²) in [7, 11) is 0. The third-order valence-electron chi connectivity index (χ3n) is 8.86. The number of benzene rings is 1. The van der Waals surface area contributed by atoms with Gasteiger partial charge >= 0.3 is 5.97 Å². The van der Waals surface area contributed by atoms with Gasteiger partial charge in [0, 0.05) is 11.0 Å². The first kappa shape index (κ1) is 22.6. The average Bonchev–Trinajstić information content (AvgIpc) is 3.10. The molecule has 0 spiro atoms. The van der Waals surface area contributed by atoms with Gasteiger partial charge in [0.1, 0.15) is 18.5 Å². The summed E-state index contributed by atoms with van der Waals surface area (Å²) in [5, 5.41) is 19.7. The number of aromatic hydroxyl groups is 1. The minimum absolute atomic E-state index is 0.0171. The number of hydrogen-bond acceptors (Lipinski definition) is 6. The van der Waals surface area contributed by atoms with Crippen LogP contribution in [0.15, 0.2) is 48.1 Å². The lowest BCUT2D eigenvalue weighted by atomic mass is 9.46. The maximum Gasteiger partial charge on any atom is 0.336 e. The summed E-state index contributed by atoms with van der Waals surface area (Å²) in [5.74, 6) is 0.459. The Kier molecular flexibility index (Phi) is 5.66. The molecule has 2 saturated heterocycles. The second kappa shape index (κ2) is 8.26. The molecule has 33 heavy (non-hydrogen) atoms. The number of aliphatic hydroxyl groups excluding tert-OH is 1. The van der Waals surface area contributed by atoms with E-state index in [0.29, 0.717) is 24.5 Å². The summed E-state index contributed by atoms with van der Waals surface area (Å²) in [6, 6.07) is 7.03. The van der Waals surface area contributed by atoms with E-state index in [0.717, 1.165) is 31.2 Å². The number of carbonyl (C=O) groups excluding carboxylic acids is 1. The number of ether oxygens (including phenoxy) is 3. The zero-order valence-corrected chi connectivity index (χ0v) is 19.5. The van der Waals surface area contributed by atoms with Crippen LogP contribution in [0.2, 0.25) is 0 Å². The molecule has 7 atom stereocenters. The van der Waals surface area contributed by atoms with Gasteiger partial charge in [0.15, 0.2) is 6.29 Å². The number of esters is 1. The lowest BCUT2D eigenvalue weighted by Gasteiger charge is -2.62. The lowest BCUT2D eigenvalue weighted by Crippen LogP contribution is -2.60. The number of hydrogen-bond donors (Lipinski definition) is 2. The molecule has 5 rings (SSSR count). The third-order valence-corrected chi connectivity index (χ3v) is 8.86. The van der Waals surface area contributed by atoms with Gasteiger partial charge in [-0.05, 0) is 61.5 Å². The number of carbonyl (C=O) groups is 1. The van der Waals surface area contributed by atoms with Crippen LogP contribution in [0.5, 0.6) is 5.75 Å². The quantitative estimate of drug-likeness (QED) is 0.399. The minimum atomic E-state index is -0.830. The Hall–Kier alpha value is -2.15. The van der Waals surface area contributed by atoms with Crippen molar-refractivity contribution in [2.24, 2.45) is 22.7 Å². The van der Waals surface area contributed by atoms with E-state index in [4.69, 9.17) is 14.2 Å². The average molecular weight is 455 g/mol. The van der Waals surface area contributed by atoms with Gasteiger partial charge in [0.25, 0.3) is 0 Å². The standard InChI is InChI=1S/C27H34O6/c1-16-4-11-22-26(2,20(16)10-9-19-21(29)14-31-24(19)30)13-12-23-27(22,3)15-32-25(33-23)17-5-7-18(28)8-6-17/h5-9,20-23,25,28-29H,1,4,10-15H2,2-3H3/b19-9+/t20-,21+,22+,23?,25?,26+,27+/m1/s1. The summed E-state index contributed by atoms with van der Waals surface area (Å²) < 4.78 is 17.8. The highest BCUT2D eigenvalue weighted by atomic mass is 16.7. The molecular weight excluding hydrogens is 420 g/mol. The molecule has 2 N–H and O–H groups in total. The van der Waals surface area contributed by atoms with Gasteiger partial charge in [0.05, 0.1) is 18.3 Å². The van der Waals surface area contributed by atoms with E-state index in [9.17, 15) is 15.0 Å². The molecule has 6 nitrogen and oxygen atoms in total. The van der Waals surface area contributed by atoms with Crippen molar-refractivity contribution in [1.82, 2.24) is 0 Å². The van der Waals surface area contributed by atoms with Gasteiger partial charge < -0.3 is 24.4 Å². The van der Waals surface area contributed by atoms with Crippen LogP contribution in [0.4, 0.5) is 0 Å². The number of phenolic OH excluding ortho intramolecular Hbond substituents is 1. The van der Waals surface area contributed by atoms with E-state index in [1.807, 2.05) is 18.2 Å². The molecule has 2 unspecified atom stereocenters. The lowest BCUT2D eigenvalue weighted by molar-refractivity contribution is -0.307. The monoisotopic (exact) mass is 454 g/mol. The highest BCUT2D eigenvalue weighted by Crippen LogP contribution is 2.63. The molecule has 4 aliphatic rings. The fraction of sp³-hybridized carbons (Fsp3) is 0.593. The van der Waals surface area contributed by atoms with Crippen molar-refractivity contribution in [3.05, 3.63) is 53.6 Å². The van der Waals surface area contributed by atoms with E-state index in [1.165, 1.54) is 5.57 Å². The van der Waals surface area contributed by atoms with Gasteiger partial charge in [-0.3, -0.25) is 0 Å². The highest BCUT2D eigenvalue weighted by molar-refractivity contribution is 5.91. The van der Waals surface area contributed by atoms with Gasteiger partial charge in [-0.25, -0.2) is 4.79 Å². The molecule has 6 heteroatoms. The Morgan fingerprint density at radius 1 is 1.18 bits per heavy atom. The topological polar surface area (TPSA) is 85.2 Å². The first-order valence-corrected chi connectivity index (χ1v) is 12.0. The molecule has 2 heterocycles. The van der Waals surface area contributed by atoms with Crippen molar-refractivity contribution in [3.8, 4) is 5.75 Å². The number of allylic oxidation sites excluding steroid dienone is 2. The summed E-state index contributed by atoms with van der Waals surface area (Å²) in [4.78, 5) is 12.0. The van der Waals surface area contributed by atoms with Crippen LogP contribution in [0.1, 0.15) is 57.8 Å². The summed E-state index contributed by atoms with van der Waals surface area (Å²) >= 11 is 0. The van der Waals surface area contributed by atoms with Crippen molar-refractivity contribution < 1.29 is 29.2 Å². The molecule has 4 fully saturated rings. The molecule has 0 aromatic heterocycles. The van der Waals surface area contributed by atoms with E-state index in [2.05, 4.69) is 20.4 Å². The molecule has 0 amide bonds. The number of phenols is 1. The van der Waals surface area contributed by atoms with Crippen LogP contribution in [0.3, 0.4) is 0 Å². The molecule has 2 aliphatic carbocycles. The Labute approximate surface area is 195 Å². The van der Waals surface area contributed by atoms with E-state index < -0.39 is 18.4 Å². The van der Waals surface area contributed by atoms with E-state index in [1.54, 1.807) is 12.1 Å². The zero-order chi connectivity index (χ0) is 23.4. The van der Waals surface area contributed by atoms with Crippen LogP contribution < -0.4 is 0 Å². The highest BCUT2D eigenvalue weighted by Gasteiger charge is 2.60. The van der Waals surface area contributed by atoms with Gasteiger partial charge in [-0.15, -0.1) is 0 Å². The Morgan fingerprint density at radius 3 is 2.64 bits per heavy atom. The Balaban J connectivity index is 1.37. The maximum absolute atomic E-state index is 12.0. The van der Waals surface area contributed by atoms with Crippen molar-refractivity contribution in [1.29, 1.82) is 0 Å². The molecule has 1 aromatic rings. The molecule has 1 aromatic carbocycles. The molecule has 0 bridgehead atoms. The molecule has 2 aliphatic heterocycles. The van der Waals surface area contributed by atoms with Crippen LogP contribution in [-0.2, 0) is 19.0 Å². The first-order chi connectivity index (χ1) is 15.7. The Bertz CT molecular complexity index is 967.